The van der Waals surface area contributed by atoms with Crippen LogP contribution in [0.25, 0.3) is 0 Å². The highest BCUT2D eigenvalue weighted by Crippen LogP contribution is 2.37. The average Bonchev–Trinajstić information content (AvgIpc) is 3.09. The fourth-order valence-electron chi connectivity index (χ4n) is 3.66. The number of aryl methyl sites for hydroxylation is 3. The molecular formula is C22H24FN5OS. The molecule has 0 saturated carbocycles. The molecule has 1 aliphatic rings. The Kier molecular flexibility index (Phi) is 5.76. The molecule has 30 heavy (non-hydrogen) atoms. The second-order valence-corrected chi connectivity index (χ2v) is 8.66. The molecule has 0 saturated heterocycles. The van der Waals surface area contributed by atoms with Crippen molar-refractivity contribution >= 4 is 23.4 Å². The van der Waals surface area contributed by atoms with E-state index in [0.717, 1.165) is 41.0 Å². The van der Waals surface area contributed by atoms with Crippen molar-refractivity contribution in [2.45, 2.75) is 50.1 Å². The van der Waals surface area contributed by atoms with E-state index in [-0.39, 0.29) is 17.8 Å². The van der Waals surface area contributed by atoms with Crippen LogP contribution in [0.15, 0.2) is 47.6 Å². The quantitative estimate of drug-likeness (QED) is 0.635. The number of anilines is 1. The minimum Gasteiger partial charge on any atom is -0.325 e. The Morgan fingerprint density at radius 1 is 1.17 bits per heavy atom. The van der Waals surface area contributed by atoms with Gasteiger partial charge in [0.25, 0.3) is 0 Å². The molecule has 2 N–H and O–H groups in total. The largest absolute Gasteiger partial charge is 0.325 e. The summed E-state index contributed by atoms with van der Waals surface area (Å²) in [6.45, 7) is 6.08. The summed E-state index contributed by atoms with van der Waals surface area (Å²) in [4.78, 5) is 13.3. The number of halogens is 1. The van der Waals surface area contributed by atoms with Gasteiger partial charge in [0.15, 0.2) is 5.82 Å². The number of nitrogens with one attached hydrogen (secondary N) is 2. The van der Waals surface area contributed by atoms with E-state index in [2.05, 4.69) is 33.9 Å². The normalized spacial score (nSPS) is 17.9. The lowest BCUT2D eigenvalue weighted by Crippen LogP contribution is -2.41. The third kappa shape index (κ3) is 4.18. The van der Waals surface area contributed by atoms with Gasteiger partial charge >= 0.3 is 0 Å². The first-order chi connectivity index (χ1) is 14.4. The maximum absolute atomic E-state index is 13.5. The van der Waals surface area contributed by atoms with Gasteiger partial charge < -0.3 is 10.7 Å². The molecule has 2 aromatic carbocycles. The highest BCUT2D eigenvalue weighted by molar-refractivity contribution is 8.00. The Bertz CT molecular complexity index is 1050. The summed E-state index contributed by atoms with van der Waals surface area (Å²) in [5, 5.41) is 11.7. The molecule has 0 bridgehead atoms. The number of thioether (sulfide) groups is 1. The fraction of sp³-hybridized carbons (Fsp3) is 0.318. The Labute approximate surface area is 179 Å². The predicted molar refractivity (Wildman–Crippen MR) is 117 cm³/mol. The summed E-state index contributed by atoms with van der Waals surface area (Å²) in [7, 11) is 0. The van der Waals surface area contributed by atoms with Crippen LogP contribution < -0.4 is 10.7 Å². The first-order valence-electron chi connectivity index (χ1n) is 9.96. The van der Waals surface area contributed by atoms with Gasteiger partial charge in [0.05, 0.1) is 6.04 Å². The highest BCUT2D eigenvalue weighted by atomic mass is 32.2. The van der Waals surface area contributed by atoms with Crippen molar-refractivity contribution in [3.05, 3.63) is 70.8 Å². The summed E-state index contributed by atoms with van der Waals surface area (Å²) in [6, 6.07) is 11.8. The number of carbonyl (C=O) groups excluding carboxylic acids is 1. The van der Waals surface area contributed by atoms with E-state index in [9.17, 15) is 9.18 Å². The SMILES string of the molecule is CCCc1nnc2n1N[C@H](c1ccc(F)cc1)[C@@H](C(=O)Nc1cc(C)cc(C)c1)S2. The molecule has 0 aliphatic carbocycles. The minimum atomic E-state index is -0.498. The van der Waals surface area contributed by atoms with Crippen molar-refractivity contribution in [1.82, 2.24) is 14.9 Å². The summed E-state index contributed by atoms with van der Waals surface area (Å²) in [6.07, 6.45) is 1.71. The van der Waals surface area contributed by atoms with Crippen LogP contribution in [0.2, 0.25) is 0 Å². The van der Waals surface area contributed by atoms with Crippen molar-refractivity contribution in [3.8, 4) is 0 Å². The molecule has 0 unspecified atom stereocenters. The predicted octanol–water partition coefficient (Wildman–Crippen LogP) is 4.38. The zero-order valence-corrected chi connectivity index (χ0v) is 18.0. The van der Waals surface area contributed by atoms with E-state index in [1.807, 2.05) is 30.7 Å². The third-order valence-corrected chi connectivity index (χ3v) is 6.17. The van der Waals surface area contributed by atoms with Crippen LogP contribution in [0.5, 0.6) is 0 Å². The zero-order valence-electron chi connectivity index (χ0n) is 17.1. The van der Waals surface area contributed by atoms with Crippen LogP contribution in [0.3, 0.4) is 0 Å². The van der Waals surface area contributed by atoms with Crippen LogP contribution in [-0.4, -0.2) is 26.0 Å². The van der Waals surface area contributed by atoms with E-state index < -0.39 is 5.25 Å². The molecule has 2 heterocycles. The molecule has 2 atom stereocenters. The lowest BCUT2D eigenvalue weighted by atomic mass is 10.0. The molecule has 156 valence electrons. The van der Waals surface area contributed by atoms with Crippen LogP contribution in [-0.2, 0) is 11.2 Å². The van der Waals surface area contributed by atoms with E-state index in [1.165, 1.54) is 23.9 Å². The van der Waals surface area contributed by atoms with Crippen LogP contribution in [0, 0.1) is 19.7 Å². The molecule has 0 radical (unpaired) electrons. The Morgan fingerprint density at radius 3 is 2.53 bits per heavy atom. The summed E-state index contributed by atoms with van der Waals surface area (Å²) in [5.74, 6) is 0.369. The molecule has 4 rings (SSSR count). The molecule has 6 nitrogen and oxygen atoms in total. The van der Waals surface area contributed by atoms with Crippen LogP contribution >= 0.6 is 11.8 Å². The fourth-order valence-corrected chi connectivity index (χ4v) is 4.76. The minimum absolute atomic E-state index is 0.141. The number of hydrogen-bond acceptors (Lipinski definition) is 5. The monoisotopic (exact) mass is 425 g/mol. The lowest BCUT2D eigenvalue weighted by Gasteiger charge is -2.33. The number of nitrogens with zero attached hydrogens (tertiary/aromatic N) is 3. The Hall–Kier alpha value is -2.87. The van der Waals surface area contributed by atoms with Crippen molar-refractivity contribution in [3.63, 3.8) is 0 Å². The molecule has 0 spiro atoms. The molecule has 3 aromatic rings. The molecule has 8 heteroatoms. The smallest absolute Gasteiger partial charge is 0.240 e. The molecular weight excluding hydrogens is 401 g/mol. The van der Waals surface area contributed by atoms with Gasteiger partial charge in [-0.15, -0.1) is 10.2 Å². The molecule has 1 aromatic heterocycles. The van der Waals surface area contributed by atoms with Gasteiger partial charge in [0, 0.05) is 12.1 Å². The third-order valence-electron chi connectivity index (χ3n) is 4.95. The van der Waals surface area contributed by atoms with Gasteiger partial charge in [-0.1, -0.05) is 36.9 Å². The van der Waals surface area contributed by atoms with Crippen molar-refractivity contribution in [1.29, 1.82) is 0 Å². The maximum atomic E-state index is 13.5. The zero-order chi connectivity index (χ0) is 21.3. The number of fused-ring (bicyclic) bond motifs is 1. The Morgan fingerprint density at radius 2 is 1.87 bits per heavy atom. The number of carbonyl (C=O) groups is 1. The van der Waals surface area contributed by atoms with Crippen LogP contribution in [0.1, 0.15) is 41.9 Å². The standard InChI is InChI=1S/C22H24FN5OS/c1-4-5-18-25-26-22-28(18)27-19(15-6-8-16(23)9-7-15)20(30-22)21(29)24-17-11-13(2)10-14(3)12-17/h6-12,19-20,27H,4-5H2,1-3H3,(H,24,29)/t19-,20+/m1/s1. The summed E-state index contributed by atoms with van der Waals surface area (Å²) in [5.41, 5.74) is 7.14. The van der Waals surface area contributed by atoms with Crippen LogP contribution in [0.4, 0.5) is 10.1 Å². The number of amides is 1. The van der Waals surface area contributed by atoms with E-state index in [4.69, 9.17) is 0 Å². The van der Waals surface area contributed by atoms with Gasteiger partial charge in [-0.3, -0.25) is 4.79 Å². The van der Waals surface area contributed by atoms with Crippen molar-refractivity contribution < 1.29 is 9.18 Å². The van der Waals surface area contributed by atoms with Gasteiger partial charge in [-0.25, -0.2) is 9.07 Å². The van der Waals surface area contributed by atoms with Gasteiger partial charge in [0.2, 0.25) is 11.1 Å². The number of aromatic nitrogens is 3. The highest BCUT2D eigenvalue weighted by Gasteiger charge is 2.37. The summed E-state index contributed by atoms with van der Waals surface area (Å²) < 4.78 is 15.3. The second-order valence-electron chi connectivity index (χ2n) is 7.55. The topological polar surface area (TPSA) is 71.8 Å². The molecule has 1 aliphatic heterocycles. The lowest BCUT2D eigenvalue weighted by molar-refractivity contribution is -0.116. The van der Waals surface area contributed by atoms with Crippen molar-refractivity contribution in [2.75, 3.05) is 10.7 Å². The van der Waals surface area contributed by atoms with Gasteiger partial charge in [-0.05, 0) is 61.2 Å². The second kappa shape index (κ2) is 8.47. The van der Waals surface area contributed by atoms with E-state index in [0.29, 0.717) is 5.16 Å². The van der Waals surface area contributed by atoms with Gasteiger partial charge in [-0.2, -0.15) is 0 Å². The first-order valence-corrected chi connectivity index (χ1v) is 10.8. The van der Waals surface area contributed by atoms with E-state index in [1.54, 1.807) is 12.1 Å². The number of hydrogen-bond donors (Lipinski definition) is 2. The average molecular weight is 426 g/mol. The Balaban J connectivity index is 1.67. The number of benzene rings is 2. The summed E-state index contributed by atoms with van der Waals surface area (Å²) >= 11 is 1.37. The van der Waals surface area contributed by atoms with Crippen molar-refractivity contribution in [2.24, 2.45) is 0 Å². The first kappa shape index (κ1) is 20.4. The molecule has 1 amide bonds. The molecule has 0 fully saturated rings. The maximum Gasteiger partial charge on any atom is 0.240 e. The number of rotatable bonds is 5. The van der Waals surface area contributed by atoms with Gasteiger partial charge in [0.1, 0.15) is 11.1 Å². The van der Waals surface area contributed by atoms with E-state index >= 15 is 0 Å².